The minimum Gasteiger partial charge on any atom is -0.495 e. The molecule has 0 fully saturated rings. The van der Waals surface area contributed by atoms with Crippen LogP contribution < -0.4 is 15.0 Å². The third kappa shape index (κ3) is 4.07. The first kappa shape index (κ1) is 23.6. The van der Waals surface area contributed by atoms with Gasteiger partial charge in [-0.25, -0.2) is 0 Å². The number of carbonyl (C=O) groups excluding carboxylic acids is 2. The van der Waals surface area contributed by atoms with Crippen molar-refractivity contribution >= 4 is 34.8 Å². The summed E-state index contributed by atoms with van der Waals surface area (Å²) in [7, 11) is 1.48. The number of ether oxygens (including phenoxy) is 1. The minimum atomic E-state index is -4.62. The summed E-state index contributed by atoms with van der Waals surface area (Å²) in [4.78, 5) is 31.7. The largest absolute Gasteiger partial charge is 0.495 e. The molecular weight excluding hydrogens is 475 g/mol. The highest BCUT2D eigenvalue weighted by Crippen LogP contribution is 2.38. The highest BCUT2D eigenvalue weighted by molar-refractivity contribution is 6.32. The summed E-state index contributed by atoms with van der Waals surface area (Å²) in [6.07, 6.45) is -0.380. The number of aromatic nitrogens is 3. The first-order valence-electron chi connectivity index (χ1n) is 10.1. The van der Waals surface area contributed by atoms with Gasteiger partial charge in [-0.2, -0.15) is 18.3 Å². The Morgan fingerprint density at radius 1 is 1.26 bits per heavy atom. The standard InChI is InChI=1S/C22H19ClF3N5O3/c1-11-10-30(13-4-5-15(16(23)6-13)22(24,25)26)21(33)19-14(7-28-31(11)19)20(32)29-17-8-27-9-18(34-3)12(17)2/h4-9,11H,10H2,1-3H3,(H,29,32)/t11-/m0/s1. The van der Waals surface area contributed by atoms with Crippen molar-refractivity contribution in [2.24, 2.45) is 0 Å². The minimum absolute atomic E-state index is 0.0146. The third-order valence-corrected chi connectivity index (χ3v) is 5.87. The molecule has 0 unspecified atom stereocenters. The molecule has 3 aromatic rings. The van der Waals surface area contributed by atoms with E-state index in [9.17, 15) is 22.8 Å². The Bertz CT molecular complexity index is 1290. The zero-order chi connectivity index (χ0) is 24.8. The molecule has 0 saturated heterocycles. The summed E-state index contributed by atoms with van der Waals surface area (Å²) in [5, 5.41) is 6.38. The Morgan fingerprint density at radius 3 is 2.65 bits per heavy atom. The van der Waals surface area contributed by atoms with E-state index in [0.717, 1.165) is 12.1 Å². The van der Waals surface area contributed by atoms with Crippen molar-refractivity contribution in [3.63, 3.8) is 0 Å². The van der Waals surface area contributed by atoms with Crippen LogP contribution in [0.25, 0.3) is 0 Å². The molecule has 0 saturated carbocycles. The van der Waals surface area contributed by atoms with Crippen molar-refractivity contribution in [1.29, 1.82) is 0 Å². The van der Waals surface area contributed by atoms with Crippen LogP contribution in [0.4, 0.5) is 24.5 Å². The van der Waals surface area contributed by atoms with E-state index in [1.54, 1.807) is 13.8 Å². The molecule has 1 aromatic carbocycles. The molecule has 0 aliphatic carbocycles. The van der Waals surface area contributed by atoms with E-state index >= 15 is 0 Å². The smallest absolute Gasteiger partial charge is 0.417 e. The number of halogens is 4. The van der Waals surface area contributed by atoms with E-state index in [4.69, 9.17) is 16.3 Å². The van der Waals surface area contributed by atoms with Crippen molar-refractivity contribution in [2.75, 3.05) is 23.9 Å². The summed E-state index contributed by atoms with van der Waals surface area (Å²) in [6, 6.07) is 2.74. The van der Waals surface area contributed by atoms with Gasteiger partial charge in [-0.1, -0.05) is 11.6 Å². The number of nitrogens with one attached hydrogen (secondary N) is 1. The maximum absolute atomic E-state index is 13.3. The molecule has 178 valence electrons. The molecule has 2 amide bonds. The molecule has 8 nitrogen and oxygen atoms in total. The highest BCUT2D eigenvalue weighted by Gasteiger charge is 2.37. The molecule has 4 rings (SSSR count). The Balaban J connectivity index is 1.68. The van der Waals surface area contributed by atoms with Crippen LogP contribution >= 0.6 is 11.6 Å². The summed E-state index contributed by atoms with van der Waals surface area (Å²) >= 11 is 5.85. The van der Waals surface area contributed by atoms with Gasteiger partial charge in [0.1, 0.15) is 11.4 Å². The number of pyridine rings is 1. The fourth-order valence-corrected chi connectivity index (χ4v) is 4.06. The summed E-state index contributed by atoms with van der Waals surface area (Å²) in [5.41, 5.74) is 0.256. The second kappa shape index (κ2) is 8.64. The monoisotopic (exact) mass is 493 g/mol. The SMILES string of the molecule is COc1cncc(NC(=O)c2cnn3c2C(=O)N(c2ccc(C(F)(F)F)c(Cl)c2)C[C@@H]3C)c1C. The number of alkyl halides is 3. The van der Waals surface area contributed by atoms with Gasteiger partial charge in [0, 0.05) is 17.8 Å². The average Bonchev–Trinajstić information content (AvgIpc) is 3.23. The zero-order valence-electron chi connectivity index (χ0n) is 18.3. The Morgan fingerprint density at radius 2 is 2.00 bits per heavy atom. The van der Waals surface area contributed by atoms with Gasteiger partial charge in [0.2, 0.25) is 0 Å². The first-order chi connectivity index (χ1) is 16.0. The molecular formula is C22H19ClF3N5O3. The number of anilines is 2. The Labute approximate surface area is 197 Å². The maximum atomic E-state index is 13.3. The van der Waals surface area contributed by atoms with Crippen LogP contribution in [0.2, 0.25) is 5.02 Å². The third-order valence-electron chi connectivity index (χ3n) is 5.56. The summed E-state index contributed by atoms with van der Waals surface area (Å²) < 4.78 is 45.9. The Hall–Kier alpha value is -3.60. The normalized spacial score (nSPS) is 15.8. The topological polar surface area (TPSA) is 89.3 Å². The number of benzene rings is 1. The van der Waals surface area contributed by atoms with E-state index in [2.05, 4.69) is 15.4 Å². The van der Waals surface area contributed by atoms with Crippen LogP contribution in [0.5, 0.6) is 5.75 Å². The Kier molecular flexibility index (Phi) is 5.98. The van der Waals surface area contributed by atoms with Gasteiger partial charge in [0.25, 0.3) is 11.8 Å². The van der Waals surface area contributed by atoms with Gasteiger partial charge < -0.3 is 15.0 Å². The lowest BCUT2D eigenvalue weighted by molar-refractivity contribution is -0.137. The van der Waals surface area contributed by atoms with Crippen molar-refractivity contribution in [2.45, 2.75) is 26.1 Å². The molecule has 0 spiro atoms. The molecule has 1 N–H and O–H groups in total. The van der Waals surface area contributed by atoms with Crippen molar-refractivity contribution in [3.8, 4) is 5.75 Å². The van der Waals surface area contributed by atoms with Gasteiger partial charge >= 0.3 is 6.18 Å². The molecule has 12 heteroatoms. The molecule has 1 aliphatic rings. The predicted molar refractivity (Wildman–Crippen MR) is 119 cm³/mol. The molecule has 0 bridgehead atoms. The van der Waals surface area contributed by atoms with E-state index in [1.165, 1.54) is 41.3 Å². The number of rotatable bonds is 4. The maximum Gasteiger partial charge on any atom is 0.417 e. The summed E-state index contributed by atoms with van der Waals surface area (Å²) in [5.74, 6) is -0.700. The van der Waals surface area contributed by atoms with E-state index < -0.39 is 28.6 Å². The molecule has 1 aliphatic heterocycles. The van der Waals surface area contributed by atoms with E-state index in [-0.39, 0.29) is 29.5 Å². The van der Waals surface area contributed by atoms with Crippen LogP contribution in [0, 0.1) is 6.92 Å². The molecule has 0 radical (unpaired) electrons. The number of nitrogens with zero attached hydrogens (tertiary/aromatic N) is 4. The van der Waals surface area contributed by atoms with E-state index in [0.29, 0.717) is 17.0 Å². The van der Waals surface area contributed by atoms with Crippen LogP contribution in [0.1, 0.15) is 44.9 Å². The quantitative estimate of drug-likeness (QED) is 0.567. The van der Waals surface area contributed by atoms with Crippen molar-refractivity contribution in [3.05, 3.63) is 64.2 Å². The van der Waals surface area contributed by atoms with Gasteiger partial charge in [-0.3, -0.25) is 19.3 Å². The lowest BCUT2D eigenvalue weighted by Gasteiger charge is -2.32. The number of hydrogen-bond donors (Lipinski definition) is 1. The lowest BCUT2D eigenvalue weighted by Crippen LogP contribution is -2.43. The van der Waals surface area contributed by atoms with Crippen molar-refractivity contribution < 1.29 is 27.5 Å². The lowest BCUT2D eigenvalue weighted by atomic mass is 10.1. The van der Waals surface area contributed by atoms with Crippen LogP contribution in [-0.4, -0.2) is 40.2 Å². The molecule has 3 heterocycles. The molecule has 2 aromatic heterocycles. The number of methoxy groups -OCH3 is 1. The number of fused-ring (bicyclic) bond motifs is 1. The average molecular weight is 494 g/mol. The summed E-state index contributed by atoms with van der Waals surface area (Å²) in [6.45, 7) is 3.65. The second-order valence-electron chi connectivity index (χ2n) is 7.75. The van der Waals surface area contributed by atoms with Gasteiger partial charge in [0.05, 0.1) is 53.6 Å². The number of amides is 2. The van der Waals surface area contributed by atoms with Crippen LogP contribution in [0.15, 0.2) is 36.8 Å². The van der Waals surface area contributed by atoms with Gasteiger partial charge in [-0.05, 0) is 32.0 Å². The van der Waals surface area contributed by atoms with Gasteiger partial charge in [0.15, 0.2) is 0 Å². The predicted octanol–water partition coefficient (Wildman–Crippen LogP) is 4.74. The van der Waals surface area contributed by atoms with Crippen LogP contribution in [0.3, 0.4) is 0 Å². The fourth-order valence-electron chi connectivity index (χ4n) is 3.78. The fraction of sp³-hybridized carbons (Fsp3) is 0.273. The highest BCUT2D eigenvalue weighted by atomic mass is 35.5. The van der Waals surface area contributed by atoms with E-state index in [1.807, 2.05) is 0 Å². The first-order valence-corrected chi connectivity index (χ1v) is 10.5. The number of carbonyl (C=O) groups is 2. The van der Waals surface area contributed by atoms with Crippen LogP contribution in [-0.2, 0) is 6.18 Å². The molecule has 1 atom stereocenters. The zero-order valence-corrected chi connectivity index (χ0v) is 19.0. The second-order valence-corrected chi connectivity index (χ2v) is 8.15. The van der Waals surface area contributed by atoms with Gasteiger partial charge in [-0.15, -0.1) is 0 Å². The number of hydrogen-bond acceptors (Lipinski definition) is 5. The molecule has 34 heavy (non-hydrogen) atoms. The van der Waals surface area contributed by atoms with Crippen molar-refractivity contribution in [1.82, 2.24) is 14.8 Å².